The molecule has 0 radical (unpaired) electrons. The number of nitrogens with one attached hydrogen (secondary N) is 1. The summed E-state index contributed by atoms with van der Waals surface area (Å²) in [4.78, 5) is 35.6. The number of carbonyl (C=O) groups excluding carboxylic acids is 1. The van der Waals surface area contributed by atoms with Gasteiger partial charge in [-0.25, -0.2) is 4.98 Å². The van der Waals surface area contributed by atoms with Crippen LogP contribution in [0.4, 0.5) is 0 Å². The second-order valence-electron chi connectivity index (χ2n) is 9.40. The normalized spacial score (nSPS) is 22.0. The first-order valence-electron chi connectivity index (χ1n) is 10.0. The second-order valence-corrected chi connectivity index (χ2v) is 9.40. The maximum absolute atomic E-state index is 13.1. The van der Waals surface area contributed by atoms with Crippen molar-refractivity contribution < 1.29 is 4.79 Å². The Morgan fingerprint density at radius 2 is 2.04 bits per heavy atom. The van der Waals surface area contributed by atoms with Crippen LogP contribution >= 0.6 is 0 Å². The summed E-state index contributed by atoms with van der Waals surface area (Å²) in [7, 11) is 1.85. The number of piperidine rings is 1. The number of hydrogen-bond donors (Lipinski definition) is 1. The Morgan fingerprint density at radius 3 is 2.68 bits per heavy atom. The van der Waals surface area contributed by atoms with Gasteiger partial charge in [0.05, 0.1) is 5.69 Å². The van der Waals surface area contributed by atoms with E-state index in [2.05, 4.69) is 30.9 Å². The van der Waals surface area contributed by atoms with Crippen molar-refractivity contribution in [2.45, 2.75) is 64.2 Å². The van der Waals surface area contributed by atoms with E-state index in [4.69, 9.17) is 4.98 Å². The first-order valence-corrected chi connectivity index (χ1v) is 10.0. The molecular weight excluding hydrogens is 354 g/mol. The van der Waals surface area contributed by atoms with Crippen molar-refractivity contribution >= 4 is 5.91 Å². The van der Waals surface area contributed by atoms with Gasteiger partial charge in [0.2, 0.25) is 0 Å². The summed E-state index contributed by atoms with van der Waals surface area (Å²) >= 11 is 0. The minimum atomic E-state index is -0.229. The van der Waals surface area contributed by atoms with E-state index >= 15 is 0 Å². The fourth-order valence-electron chi connectivity index (χ4n) is 4.54. The minimum Gasteiger partial charge on any atom is -0.336 e. The quantitative estimate of drug-likeness (QED) is 0.818. The monoisotopic (exact) mass is 383 g/mol. The predicted molar refractivity (Wildman–Crippen MR) is 107 cm³/mol. The van der Waals surface area contributed by atoms with Gasteiger partial charge in [-0.15, -0.1) is 0 Å². The molecule has 0 aromatic carbocycles. The zero-order chi connectivity index (χ0) is 20.3. The summed E-state index contributed by atoms with van der Waals surface area (Å²) in [5.41, 5.74) is 2.70. The largest absolute Gasteiger partial charge is 0.336 e. The van der Waals surface area contributed by atoms with Crippen LogP contribution in [-0.4, -0.2) is 43.6 Å². The Labute approximate surface area is 165 Å². The number of aromatic nitrogens is 4. The molecule has 2 aromatic heterocycles. The molecule has 1 unspecified atom stereocenters. The lowest BCUT2D eigenvalue weighted by atomic mass is 9.77. The van der Waals surface area contributed by atoms with Crippen molar-refractivity contribution in [2.75, 3.05) is 13.1 Å². The van der Waals surface area contributed by atoms with Gasteiger partial charge >= 0.3 is 0 Å². The van der Waals surface area contributed by atoms with Crippen molar-refractivity contribution in [3.8, 4) is 0 Å². The fraction of sp³-hybridized carbons (Fsp3) is 0.619. The molecule has 2 aliphatic rings. The molecule has 1 aliphatic carbocycles. The highest BCUT2D eigenvalue weighted by Gasteiger charge is 2.46. The third kappa shape index (κ3) is 2.97. The van der Waals surface area contributed by atoms with Crippen LogP contribution in [0.3, 0.4) is 0 Å². The molecule has 7 heteroatoms. The molecule has 4 rings (SSSR count). The Bertz CT molecular complexity index is 978. The molecule has 28 heavy (non-hydrogen) atoms. The van der Waals surface area contributed by atoms with Gasteiger partial charge in [0.25, 0.3) is 11.5 Å². The Morgan fingerprint density at radius 1 is 1.29 bits per heavy atom. The molecule has 0 saturated carbocycles. The lowest BCUT2D eigenvalue weighted by Crippen LogP contribution is -2.48. The highest BCUT2D eigenvalue weighted by molar-refractivity contribution is 5.92. The van der Waals surface area contributed by atoms with Crippen molar-refractivity contribution in [1.82, 2.24) is 24.6 Å². The highest BCUT2D eigenvalue weighted by Crippen LogP contribution is 2.43. The van der Waals surface area contributed by atoms with E-state index in [1.165, 1.54) is 0 Å². The second kappa shape index (κ2) is 6.29. The topological polar surface area (TPSA) is 83.9 Å². The molecule has 1 fully saturated rings. The SMILES string of the molecule is Cc1cc(C(=O)N2CCCC3(CCc4c3nc(C(C)(C)C)[nH]c4=O)C2)nn1C. The average molecular weight is 383 g/mol. The maximum Gasteiger partial charge on any atom is 0.274 e. The third-order valence-electron chi connectivity index (χ3n) is 6.28. The molecule has 1 saturated heterocycles. The van der Waals surface area contributed by atoms with Crippen LogP contribution in [0.1, 0.15) is 73.3 Å². The van der Waals surface area contributed by atoms with Gasteiger partial charge in [-0.05, 0) is 38.7 Å². The van der Waals surface area contributed by atoms with Gasteiger partial charge < -0.3 is 9.88 Å². The standard InChI is InChI=1S/C21H29N5O2/c1-13-11-15(24-25(13)5)18(28)26-10-6-8-21(12-26)9-7-14-16(21)22-19(20(2,3)4)23-17(14)27/h11H,6-10,12H2,1-5H3,(H,22,23,27). The van der Waals surface area contributed by atoms with Crippen LogP contribution in [0, 0.1) is 6.92 Å². The van der Waals surface area contributed by atoms with Crippen LogP contribution in [0.25, 0.3) is 0 Å². The lowest BCUT2D eigenvalue weighted by Gasteiger charge is -2.40. The number of fused-ring (bicyclic) bond motifs is 2. The number of nitrogens with zero attached hydrogens (tertiary/aromatic N) is 4. The number of rotatable bonds is 1. The number of likely N-dealkylation sites (tertiary alicyclic amines) is 1. The lowest BCUT2D eigenvalue weighted by molar-refractivity contribution is 0.0626. The molecule has 1 spiro atoms. The van der Waals surface area contributed by atoms with Crippen molar-refractivity contribution in [3.63, 3.8) is 0 Å². The van der Waals surface area contributed by atoms with E-state index in [1.54, 1.807) is 4.68 Å². The molecule has 2 aromatic rings. The van der Waals surface area contributed by atoms with Gasteiger partial charge in [0.1, 0.15) is 5.82 Å². The van der Waals surface area contributed by atoms with Crippen molar-refractivity contribution in [1.29, 1.82) is 0 Å². The van der Waals surface area contributed by atoms with E-state index in [1.807, 2.05) is 24.9 Å². The Kier molecular flexibility index (Phi) is 4.25. The van der Waals surface area contributed by atoms with E-state index in [0.29, 0.717) is 12.2 Å². The number of amides is 1. The molecule has 7 nitrogen and oxygen atoms in total. The van der Waals surface area contributed by atoms with E-state index in [-0.39, 0.29) is 22.3 Å². The summed E-state index contributed by atoms with van der Waals surface area (Å²) in [5, 5.41) is 4.36. The van der Waals surface area contributed by atoms with Gasteiger partial charge in [-0.1, -0.05) is 20.8 Å². The molecule has 0 bridgehead atoms. The zero-order valence-electron chi connectivity index (χ0n) is 17.4. The molecule has 1 aliphatic heterocycles. The van der Waals surface area contributed by atoms with Crippen LogP contribution in [0.5, 0.6) is 0 Å². The van der Waals surface area contributed by atoms with Gasteiger partial charge in [0, 0.05) is 42.2 Å². The van der Waals surface area contributed by atoms with Gasteiger partial charge in [-0.2, -0.15) is 5.10 Å². The number of aryl methyl sites for hydroxylation is 2. The van der Waals surface area contributed by atoms with E-state index < -0.39 is 0 Å². The summed E-state index contributed by atoms with van der Waals surface area (Å²) < 4.78 is 1.73. The van der Waals surface area contributed by atoms with E-state index in [0.717, 1.165) is 55.0 Å². The molecule has 1 atom stereocenters. The smallest absolute Gasteiger partial charge is 0.274 e. The van der Waals surface area contributed by atoms with Crippen LogP contribution in [0.15, 0.2) is 10.9 Å². The number of hydrogen-bond acceptors (Lipinski definition) is 4. The predicted octanol–water partition coefficient (Wildman–Crippen LogP) is 2.23. The van der Waals surface area contributed by atoms with Crippen molar-refractivity contribution in [3.05, 3.63) is 44.9 Å². The van der Waals surface area contributed by atoms with Crippen molar-refractivity contribution in [2.24, 2.45) is 7.05 Å². The van der Waals surface area contributed by atoms with Crippen LogP contribution in [0.2, 0.25) is 0 Å². The third-order valence-corrected chi connectivity index (χ3v) is 6.28. The molecule has 1 N–H and O–H groups in total. The van der Waals surface area contributed by atoms with E-state index in [9.17, 15) is 9.59 Å². The maximum atomic E-state index is 13.1. The molecular formula is C21H29N5O2. The molecule has 3 heterocycles. The zero-order valence-corrected chi connectivity index (χ0v) is 17.4. The number of aromatic amines is 1. The average Bonchev–Trinajstić information content (AvgIpc) is 3.15. The van der Waals surface area contributed by atoms with Crippen LogP contribution < -0.4 is 5.56 Å². The number of H-pyrrole nitrogens is 1. The Hall–Kier alpha value is -2.44. The Balaban J connectivity index is 1.70. The first-order chi connectivity index (χ1) is 13.1. The number of carbonyl (C=O) groups is 1. The van der Waals surface area contributed by atoms with Gasteiger partial charge in [0.15, 0.2) is 5.69 Å². The fourth-order valence-corrected chi connectivity index (χ4v) is 4.54. The first kappa shape index (κ1) is 18.9. The summed E-state index contributed by atoms with van der Waals surface area (Å²) in [5.74, 6) is 0.693. The minimum absolute atomic E-state index is 0.0180. The summed E-state index contributed by atoms with van der Waals surface area (Å²) in [6, 6.07) is 1.84. The van der Waals surface area contributed by atoms with Gasteiger partial charge in [-0.3, -0.25) is 14.3 Å². The summed E-state index contributed by atoms with van der Waals surface area (Å²) in [6.07, 6.45) is 3.48. The molecule has 1 amide bonds. The summed E-state index contributed by atoms with van der Waals surface area (Å²) in [6.45, 7) is 9.44. The van der Waals surface area contributed by atoms with Crippen LogP contribution in [-0.2, 0) is 24.3 Å². The molecule has 150 valence electrons. The highest BCUT2D eigenvalue weighted by atomic mass is 16.2.